The minimum Gasteiger partial charge on any atom is -0.341 e. The normalized spacial score (nSPS) is 18.2. The summed E-state index contributed by atoms with van der Waals surface area (Å²) >= 11 is 3.50. The number of carbonyl (C=O) groups is 1. The van der Waals surface area contributed by atoms with Crippen molar-refractivity contribution >= 4 is 21.8 Å². The van der Waals surface area contributed by atoms with E-state index in [-0.39, 0.29) is 10.7 Å². The van der Waals surface area contributed by atoms with Gasteiger partial charge in [0.25, 0.3) is 0 Å². The van der Waals surface area contributed by atoms with Gasteiger partial charge in [-0.15, -0.1) is 0 Å². The van der Waals surface area contributed by atoms with E-state index in [2.05, 4.69) is 15.9 Å². The van der Waals surface area contributed by atoms with E-state index < -0.39 is 0 Å². The second kappa shape index (κ2) is 5.48. The average Bonchev–Trinajstić information content (AvgIpc) is 2.39. The van der Waals surface area contributed by atoms with Crippen molar-refractivity contribution in [3.8, 4) is 0 Å². The second-order valence-electron chi connectivity index (χ2n) is 4.16. The first kappa shape index (κ1) is 11.6. The van der Waals surface area contributed by atoms with Gasteiger partial charge in [-0.2, -0.15) is 0 Å². The van der Waals surface area contributed by atoms with Crippen molar-refractivity contribution in [3.05, 3.63) is 35.9 Å². The Labute approximate surface area is 105 Å². The molecule has 0 aliphatic carbocycles. The van der Waals surface area contributed by atoms with Crippen LogP contribution < -0.4 is 0 Å². The lowest BCUT2D eigenvalue weighted by atomic mass is 10.1. The van der Waals surface area contributed by atoms with Gasteiger partial charge in [0, 0.05) is 13.1 Å². The Bertz CT molecular complexity index is 346. The van der Waals surface area contributed by atoms with Gasteiger partial charge in [-0.1, -0.05) is 46.3 Å². The molecule has 3 heteroatoms. The molecule has 0 N–H and O–H groups in total. The van der Waals surface area contributed by atoms with E-state index in [1.54, 1.807) is 0 Å². The number of likely N-dealkylation sites (tertiary alicyclic amines) is 1. The van der Waals surface area contributed by atoms with Crippen LogP contribution >= 0.6 is 15.9 Å². The number of piperidine rings is 1. The molecule has 86 valence electrons. The summed E-state index contributed by atoms with van der Waals surface area (Å²) in [4.78, 5) is 14.0. The number of rotatable bonds is 2. The maximum Gasteiger partial charge on any atom is 0.240 e. The topological polar surface area (TPSA) is 20.3 Å². The van der Waals surface area contributed by atoms with Crippen LogP contribution in [0.5, 0.6) is 0 Å². The molecule has 0 bridgehead atoms. The number of hydrogen-bond donors (Lipinski definition) is 0. The SMILES string of the molecule is O=C([C@H](Br)c1ccccc1)N1CCCCC1. The number of carbonyl (C=O) groups excluding carboxylic acids is 1. The first-order valence-electron chi connectivity index (χ1n) is 5.77. The van der Waals surface area contributed by atoms with E-state index in [1.165, 1.54) is 6.42 Å². The lowest BCUT2D eigenvalue weighted by Gasteiger charge is -2.28. The fraction of sp³-hybridized carbons (Fsp3) is 0.462. The van der Waals surface area contributed by atoms with E-state index >= 15 is 0 Å². The van der Waals surface area contributed by atoms with Crippen LogP contribution in [-0.4, -0.2) is 23.9 Å². The number of halogens is 1. The highest BCUT2D eigenvalue weighted by atomic mass is 79.9. The van der Waals surface area contributed by atoms with Gasteiger partial charge in [-0.05, 0) is 24.8 Å². The van der Waals surface area contributed by atoms with Crippen LogP contribution in [0.25, 0.3) is 0 Å². The molecule has 1 aliphatic rings. The Balaban J connectivity index is 2.04. The Kier molecular flexibility index (Phi) is 3.99. The average molecular weight is 282 g/mol. The van der Waals surface area contributed by atoms with Crippen LogP contribution in [0.15, 0.2) is 30.3 Å². The van der Waals surface area contributed by atoms with Crippen molar-refractivity contribution in [2.75, 3.05) is 13.1 Å². The highest BCUT2D eigenvalue weighted by Crippen LogP contribution is 2.26. The zero-order chi connectivity index (χ0) is 11.4. The van der Waals surface area contributed by atoms with Crippen LogP contribution in [0.1, 0.15) is 29.7 Å². The summed E-state index contributed by atoms with van der Waals surface area (Å²) in [6, 6.07) is 9.87. The van der Waals surface area contributed by atoms with Gasteiger partial charge >= 0.3 is 0 Å². The summed E-state index contributed by atoms with van der Waals surface area (Å²) < 4.78 is 0. The van der Waals surface area contributed by atoms with Gasteiger partial charge in [0.2, 0.25) is 5.91 Å². The molecule has 0 aromatic heterocycles. The molecule has 1 saturated heterocycles. The Hall–Kier alpha value is -0.830. The van der Waals surface area contributed by atoms with E-state index in [4.69, 9.17) is 0 Å². The number of alkyl halides is 1. The molecule has 2 rings (SSSR count). The van der Waals surface area contributed by atoms with Gasteiger partial charge < -0.3 is 4.90 Å². The van der Waals surface area contributed by atoms with Gasteiger partial charge in [-0.25, -0.2) is 0 Å². The maximum absolute atomic E-state index is 12.2. The fourth-order valence-corrected chi connectivity index (χ4v) is 2.63. The van der Waals surface area contributed by atoms with E-state index in [0.717, 1.165) is 31.5 Å². The first-order valence-corrected chi connectivity index (χ1v) is 6.68. The van der Waals surface area contributed by atoms with Gasteiger partial charge in [0.1, 0.15) is 4.83 Å². The lowest BCUT2D eigenvalue weighted by molar-refractivity contribution is -0.131. The zero-order valence-electron chi connectivity index (χ0n) is 9.23. The van der Waals surface area contributed by atoms with Crippen LogP contribution in [0.2, 0.25) is 0 Å². The number of hydrogen-bond acceptors (Lipinski definition) is 1. The van der Waals surface area contributed by atoms with E-state index in [0.29, 0.717) is 0 Å². The molecule has 1 fully saturated rings. The molecule has 1 atom stereocenters. The van der Waals surface area contributed by atoms with Crippen LogP contribution in [0, 0.1) is 0 Å². The largest absolute Gasteiger partial charge is 0.341 e. The second-order valence-corrected chi connectivity index (χ2v) is 5.07. The number of benzene rings is 1. The van der Waals surface area contributed by atoms with Crippen LogP contribution in [0.4, 0.5) is 0 Å². The number of nitrogens with zero attached hydrogens (tertiary/aromatic N) is 1. The summed E-state index contributed by atoms with van der Waals surface area (Å²) in [6.45, 7) is 1.82. The number of amides is 1. The molecular formula is C13H16BrNO. The van der Waals surface area contributed by atoms with Crippen molar-refractivity contribution in [3.63, 3.8) is 0 Å². The molecule has 2 nitrogen and oxygen atoms in total. The quantitative estimate of drug-likeness (QED) is 0.763. The van der Waals surface area contributed by atoms with Gasteiger partial charge in [0.15, 0.2) is 0 Å². The molecule has 1 heterocycles. The summed E-state index contributed by atoms with van der Waals surface area (Å²) in [7, 11) is 0. The van der Waals surface area contributed by atoms with Crippen molar-refractivity contribution in [2.24, 2.45) is 0 Å². The molecule has 1 aliphatic heterocycles. The predicted octanol–water partition coefficient (Wildman–Crippen LogP) is 3.14. The van der Waals surface area contributed by atoms with Gasteiger partial charge in [-0.3, -0.25) is 4.79 Å². The molecule has 0 saturated carbocycles. The standard InChI is InChI=1S/C13H16BrNO/c14-12(11-7-3-1-4-8-11)13(16)15-9-5-2-6-10-15/h1,3-4,7-8,12H,2,5-6,9-10H2/t12-/m1/s1. The smallest absolute Gasteiger partial charge is 0.240 e. The summed E-state index contributed by atoms with van der Waals surface area (Å²) in [6.07, 6.45) is 3.53. The third-order valence-corrected chi connectivity index (χ3v) is 3.90. The molecule has 16 heavy (non-hydrogen) atoms. The Morgan fingerprint density at radius 3 is 2.38 bits per heavy atom. The van der Waals surface area contributed by atoms with Crippen molar-refractivity contribution in [1.82, 2.24) is 4.90 Å². The first-order chi connectivity index (χ1) is 7.79. The molecule has 0 spiro atoms. The predicted molar refractivity (Wildman–Crippen MR) is 68.5 cm³/mol. The fourth-order valence-electron chi connectivity index (χ4n) is 2.04. The Morgan fingerprint density at radius 2 is 1.75 bits per heavy atom. The summed E-state index contributed by atoms with van der Waals surface area (Å²) in [5.74, 6) is 0.200. The molecule has 0 unspecified atom stereocenters. The lowest BCUT2D eigenvalue weighted by Crippen LogP contribution is -2.37. The third kappa shape index (κ3) is 2.64. The molecular weight excluding hydrogens is 266 g/mol. The van der Waals surface area contributed by atoms with Crippen LogP contribution in [-0.2, 0) is 4.79 Å². The molecule has 0 radical (unpaired) electrons. The van der Waals surface area contributed by atoms with E-state index in [9.17, 15) is 4.79 Å². The zero-order valence-corrected chi connectivity index (χ0v) is 10.8. The van der Waals surface area contributed by atoms with Crippen LogP contribution in [0.3, 0.4) is 0 Å². The minimum atomic E-state index is -0.188. The molecule has 1 amide bonds. The highest BCUT2D eigenvalue weighted by Gasteiger charge is 2.24. The Morgan fingerprint density at radius 1 is 1.12 bits per heavy atom. The monoisotopic (exact) mass is 281 g/mol. The van der Waals surface area contributed by atoms with Crippen molar-refractivity contribution in [1.29, 1.82) is 0 Å². The summed E-state index contributed by atoms with van der Waals surface area (Å²) in [5, 5.41) is 0. The minimum absolute atomic E-state index is 0.188. The van der Waals surface area contributed by atoms with E-state index in [1.807, 2.05) is 35.2 Å². The third-order valence-electron chi connectivity index (χ3n) is 2.98. The highest BCUT2D eigenvalue weighted by molar-refractivity contribution is 9.09. The van der Waals surface area contributed by atoms with Crippen molar-refractivity contribution < 1.29 is 4.79 Å². The maximum atomic E-state index is 12.2. The molecule has 1 aromatic carbocycles. The van der Waals surface area contributed by atoms with Crippen molar-refractivity contribution in [2.45, 2.75) is 24.1 Å². The molecule has 1 aromatic rings. The summed E-state index contributed by atoms with van der Waals surface area (Å²) in [5.41, 5.74) is 1.04. The van der Waals surface area contributed by atoms with Gasteiger partial charge in [0.05, 0.1) is 0 Å².